The minimum atomic E-state index is 0.769. The SMILES string of the molecule is Cc1ccc(N)cc1Sc1nncn1C. The van der Waals surface area contributed by atoms with E-state index in [9.17, 15) is 0 Å². The molecule has 0 radical (unpaired) electrons. The summed E-state index contributed by atoms with van der Waals surface area (Å²) in [5.41, 5.74) is 7.70. The van der Waals surface area contributed by atoms with Gasteiger partial charge in [0, 0.05) is 17.6 Å². The topological polar surface area (TPSA) is 56.7 Å². The largest absolute Gasteiger partial charge is 0.399 e. The third-order valence-corrected chi connectivity index (χ3v) is 3.30. The van der Waals surface area contributed by atoms with Crippen molar-refractivity contribution in [3.63, 3.8) is 0 Å². The Bertz CT molecular complexity index is 478. The quantitative estimate of drug-likeness (QED) is 0.785. The van der Waals surface area contributed by atoms with E-state index in [-0.39, 0.29) is 0 Å². The van der Waals surface area contributed by atoms with Crippen LogP contribution in [0.5, 0.6) is 0 Å². The average molecular weight is 220 g/mol. The molecule has 0 atom stereocenters. The molecule has 5 heteroatoms. The Morgan fingerprint density at radius 2 is 2.20 bits per heavy atom. The fraction of sp³-hybridized carbons (Fsp3) is 0.200. The highest BCUT2D eigenvalue weighted by Gasteiger charge is 2.06. The Hall–Kier alpha value is -1.49. The predicted molar refractivity (Wildman–Crippen MR) is 60.7 cm³/mol. The molecule has 2 rings (SSSR count). The van der Waals surface area contributed by atoms with Crippen LogP contribution in [-0.4, -0.2) is 14.8 Å². The van der Waals surface area contributed by atoms with Crippen LogP contribution in [0.2, 0.25) is 0 Å². The summed E-state index contributed by atoms with van der Waals surface area (Å²) in [7, 11) is 1.92. The van der Waals surface area contributed by atoms with Gasteiger partial charge in [0.05, 0.1) is 0 Å². The molecular formula is C10H12N4S. The fourth-order valence-electron chi connectivity index (χ4n) is 1.19. The summed E-state index contributed by atoms with van der Waals surface area (Å²) in [6, 6.07) is 5.86. The molecule has 1 heterocycles. The molecule has 0 fully saturated rings. The van der Waals surface area contributed by atoms with Crippen molar-refractivity contribution < 1.29 is 0 Å². The predicted octanol–water partition coefficient (Wildman–Crippen LogP) is 1.86. The molecule has 0 unspecified atom stereocenters. The van der Waals surface area contributed by atoms with Crippen molar-refractivity contribution in [1.82, 2.24) is 14.8 Å². The zero-order valence-electron chi connectivity index (χ0n) is 8.64. The van der Waals surface area contributed by atoms with Crippen LogP contribution >= 0.6 is 11.8 Å². The second-order valence-electron chi connectivity index (χ2n) is 3.35. The summed E-state index contributed by atoms with van der Waals surface area (Å²) in [5.74, 6) is 0. The average Bonchev–Trinajstić information content (AvgIpc) is 2.58. The summed E-state index contributed by atoms with van der Waals surface area (Å²) >= 11 is 1.57. The Kier molecular flexibility index (Phi) is 2.64. The van der Waals surface area contributed by atoms with Gasteiger partial charge in [0.15, 0.2) is 5.16 Å². The molecule has 4 nitrogen and oxygen atoms in total. The van der Waals surface area contributed by atoms with E-state index in [1.54, 1.807) is 18.1 Å². The Balaban J connectivity index is 2.32. The van der Waals surface area contributed by atoms with Crippen LogP contribution in [0, 0.1) is 6.92 Å². The minimum absolute atomic E-state index is 0.769. The maximum Gasteiger partial charge on any atom is 0.195 e. The molecule has 0 aliphatic heterocycles. The molecule has 1 aromatic carbocycles. The number of benzene rings is 1. The Labute approximate surface area is 92.5 Å². The van der Waals surface area contributed by atoms with Crippen LogP contribution in [0.25, 0.3) is 0 Å². The van der Waals surface area contributed by atoms with Gasteiger partial charge < -0.3 is 10.3 Å². The van der Waals surface area contributed by atoms with Gasteiger partial charge in [0.1, 0.15) is 6.33 Å². The first-order chi connectivity index (χ1) is 7.16. The number of hydrogen-bond acceptors (Lipinski definition) is 4. The van der Waals surface area contributed by atoms with Gasteiger partial charge in [-0.3, -0.25) is 0 Å². The van der Waals surface area contributed by atoms with Gasteiger partial charge in [-0.2, -0.15) is 0 Å². The molecule has 0 saturated carbocycles. The number of nitrogen functional groups attached to an aromatic ring is 1. The number of nitrogens with two attached hydrogens (primary N) is 1. The highest BCUT2D eigenvalue weighted by molar-refractivity contribution is 7.99. The van der Waals surface area contributed by atoms with Crippen LogP contribution in [0.4, 0.5) is 5.69 Å². The van der Waals surface area contributed by atoms with Crippen LogP contribution in [0.3, 0.4) is 0 Å². The fourth-order valence-corrected chi connectivity index (χ4v) is 2.09. The van der Waals surface area contributed by atoms with Crippen molar-refractivity contribution in [3.05, 3.63) is 30.1 Å². The zero-order chi connectivity index (χ0) is 10.8. The van der Waals surface area contributed by atoms with E-state index < -0.39 is 0 Å². The number of aromatic nitrogens is 3. The van der Waals surface area contributed by atoms with Crippen molar-refractivity contribution in [2.75, 3.05) is 5.73 Å². The van der Waals surface area contributed by atoms with Gasteiger partial charge in [0.2, 0.25) is 0 Å². The van der Waals surface area contributed by atoms with Crippen LogP contribution in [0.1, 0.15) is 5.56 Å². The second-order valence-corrected chi connectivity index (χ2v) is 4.36. The first-order valence-electron chi connectivity index (χ1n) is 4.55. The third-order valence-electron chi connectivity index (χ3n) is 2.08. The highest BCUT2D eigenvalue weighted by atomic mass is 32.2. The van der Waals surface area contributed by atoms with Crippen molar-refractivity contribution in [3.8, 4) is 0 Å². The monoisotopic (exact) mass is 220 g/mol. The second kappa shape index (κ2) is 3.94. The molecule has 2 aromatic rings. The molecule has 78 valence electrons. The molecule has 2 N–H and O–H groups in total. The number of hydrogen-bond donors (Lipinski definition) is 1. The van der Waals surface area contributed by atoms with Crippen molar-refractivity contribution in [1.29, 1.82) is 0 Å². The van der Waals surface area contributed by atoms with Crippen LogP contribution in [0.15, 0.2) is 34.6 Å². The summed E-state index contributed by atoms with van der Waals surface area (Å²) in [6.07, 6.45) is 1.68. The lowest BCUT2D eigenvalue weighted by Gasteiger charge is -2.05. The lowest BCUT2D eigenvalue weighted by atomic mass is 10.2. The number of rotatable bonds is 2. The molecule has 0 aliphatic carbocycles. The van der Waals surface area contributed by atoms with Crippen LogP contribution < -0.4 is 5.73 Å². The van der Waals surface area contributed by atoms with E-state index in [0.29, 0.717) is 0 Å². The van der Waals surface area contributed by atoms with Gasteiger partial charge in [0.25, 0.3) is 0 Å². The number of aryl methyl sites for hydroxylation is 2. The lowest BCUT2D eigenvalue weighted by molar-refractivity contribution is 0.788. The molecule has 0 spiro atoms. The number of anilines is 1. The minimum Gasteiger partial charge on any atom is -0.399 e. The van der Waals surface area contributed by atoms with E-state index in [4.69, 9.17) is 5.73 Å². The van der Waals surface area contributed by atoms with E-state index in [0.717, 1.165) is 15.7 Å². The van der Waals surface area contributed by atoms with Gasteiger partial charge >= 0.3 is 0 Å². The Morgan fingerprint density at radius 3 is 2.87 bits per heavy atom. The number of nitrogens with zero attached hydrogens (tertiary/aromatic N) is 3. The summed E-state index contributed by atoms with van der Waals surface area (Å²) in [4.78, 5) is 1.12. The van der Waals surface area contributed by atoms with Crippen molar-refractivity contribution in [2.45, 2.75) is 17.0 Å². The van der Waals surface area contributed by atoms with Crippen LogP contribution in [-0.2, 0) is 7.05 Å². The van der Waals surface area contributed by atoms with E-state index in [2.05, 4.69) is 17.1 Å². The molecule has 15 heavy (non-hydrogen) atoms. The zero-order valence-corrected chi connectivity index (χ0v) is 9.45. The first-order valence-corrected chi connectivity index (χ1v) is 5.36. The van der Waals surface area contributed by atoms with E-state index in [1.807, 2.05) is 29.8 Å². The Morgan fingerprint density at radius 1 is 1.40 bits per heavy atom. The smallest absolute Gasteiger partial charge is 0.195 e. The van der Waals surface area contributed by atoms with Crippen molar-refractivity contribution >= 4 is 17.4 Å². The maximum atomic E-state index is 5.74. The summed E-state index contributed by atoms with van der Waals surface area (Å²) < 4.78 is 1.88. The van der Waals surface area contributed by atoms with Gasteiger partial charge in [-0.15, -0.1) is 10.2 Å². The normalized spacial score (nSPS) is 10.5. The molecule has 0 bridgehead atoms. The lowest BCUT2D eigenvalue weighted by Crippen LogP contribution is -1.91. The van der Waals surface area contributed by atoms with Gasteiger partial charge in [-0.1, -0.05) is 6.07 Å². The highest BCUT2D eigenvalue weighted by Crippen LogP contribution is 2.29. The standard InChI is InChI=1S/C10H12N4S/c1-7-3-4-8(11)5-9(7)15-10-13-12-6-14(10)2/h3-6H,11H2,1-2H3. The van der Waals surface area contributed by atoms with Gasteiger partial charge in [-0.05, 0) is 36.4 Å². The van der Waals surface area contributed by atoms with E-state index >= 15 is 0 Å². The summed E-state index contributed by atoms with van der Waals surface area (Å²) in [6.45, 7) is 2.05. The first kappa shape index (κ1) is 10.0. The molecule has 0 amide bonds. The molecule has 0 aliphatic rings. The third kappa shape index (κ3) is 2.12. The van der Waals surface area contributed by atoms with Crippen molar-refractivity contribution in [2.24, 2.45) is 7.05 Å². The van der Waals surface area contributed by atoms with E-state index in [1.165, 1.54) is 5.56 Å². The van der Waals surface area contributed by atoms with Gasteiger partial charge in [-0.25, -0.2) is 0 Å². The molecule has 1 aromatic heterocycles. The molecular weight excluding hydrogens is 208 g/mol. The summed E-state index contributed by atoms with van der Waals surface area (Å²) in [5, 5.41) is 8.71. The molecule has 0 saturated heterocycles. The maximum absolute atomic E-state index is 5.74.